The summed E-state index contributed by atoms with van der Waals surface area (Å²) in [7, 11) is 0. The molecular weight excluding hydrogens is 303 g/mol. The third-order valence-corrected chi connectivity index (χ3v) is 3.36. The molecule has 1 aromatic rings. The first-order valence-corrected chi connectivity index (χ1v) is 4.75. The molecule has 0 unspecified atom stereocenters. The third kappa shape index (κ3) is 1.88. The third-order valence-electron chi connectivity index (χ3n) is 0.963. The lowest BCUT2D eigenvalue weighted by atomic mass is 10.4. The molecule has 1 rings (SSSR count). The first kappa shape index (κ1) is 8.85. The van der Waals surface area contributed by atoms with E-state index in [1.54, 1.807) is 6.07 Å². The van der Waals surface area contributed by atoms with E-state index in [1.165, 1.54) is 0 Å². The van der Waals surface area contributed by atoms with E-state index in [2.05, 4.69) is 31.9 Å². The summed E-state index contributed by atoms with van der Waals surface area (Å²) in [6.07, 6.45) is 0. The summed E-state index contributed by atoms with van der Waals surface area (Å²) in [5, 5.41) is 1.24. The standard InChI is InChI=1S/C6H2Br2Cl2/c7-3-1-4(8)6(10)2-5(3)9/h1-2H. The largest absolute Gasteiger partial charge is 0.0831 e. The summed E-state index contributed by atoms with van der Waals surface area (Å²) in [6, 6.07) is 3.49. The van der Waals surface area contributed by atoms with Crippen LogP contribution >= 0.6 is 55.1 Å². The second-order valence-electron chi connectivity index (χ2n) is 1.68. The van der Waals surface area contributed by atoms with Crippen LogP contribution in [0, 0.1) is 0 Å². The Balaban J connectivity index is 3.28. The Hall–Kier alpha value is 0.760. The SMILES string of the molecule is Clc1cc(Cl)c(Br)cc1Br. The molecule has 0 spiro atoms. The van der Waals surface area contributed by atoms with E-state index >= 15 is 0 Å². The van der Waals surface area contributed by atoms with Gasteiger partial charge in [-0.15, -0.1) is 0 Å². The van der Waals surface area contributed by atoms with Gasteiger partial charge in [0.2, 0.25) is 0 Å². The number of rotatable bonds is 0. The van der Waals surface area contributed by atoms with Gasteiger partial charge in [0.1, 0.15) is 0 Å². The van der Waals surface area contributed by atoms with Gasteiger partial charge in [0, 0.05) is 8.95 Å². The molecule has 10 heavy (non-hydrogen) atoms. The van der Waals surface area contributed by atoms with Crippen molar-refractivity contribution in [3.05, 3.63) is 31.1 Å². The van der Waals surface area contributed by atoms with Crippen LogP contribution in [0.1, 0.15) is 0 Å². The van der Waals surface area contributed by atoms with Gasteiger partial charge >= 0.3 is 0 Å². The van der Waals surface area contributed by atoms with Gasteiger partial charge in [0.05, 0.1) is 10.0 Å². The van der Waals surface area contributed by atoms with Crippen LogP contribution in [0.5, 0.6) is 0 Å². The summed E-state index contributed by atoms with van der Waals surface area (Å²) >= 11 is 18.0. The summed E-state index contributed by atoms with van der Waals surface area (Å²) < 4.78 is 1.68. The second-order valence-corrected chi connectivity index (χ2v) is 4.20. The highest BCUT2D eigenvalue weighted by Crippen LogP contribution is 2.32. The maximum absolute atomic E-state index is 5.73. The molecule has 0 radical (unpaired) electrons. The predicted molar refractivity (Wildman–Crippen MR) is 51.9 cm³/mol. The van der Waals surface area contributed by atoms with Gasteiger partial charge in [-0.3, -0.25) is 0 Å². The lowest BCUT2D eigenvalue weighted by Crippen LogP contribution is -1.71. The molecule has 0 aromatic heterocycles. The van der Waals surface area contributed by atoms with Gasteiger partial charge in [-0.25, -0.2) is 0 Å². The molecule has 4 heteroatoms. The zero-order chi connectivity index (χ0) is 7.72. The van der Waals surface area contributed by atoms with E-state index in [0.29, 0.717) is 10.0 Å². The molecule has 0 heterocycles. The lowest BCUT2D eigenvalue weighted by molar-refractivity contribution is 1.60. The normalized spacial score (nSPS) is 10.0. The molecule has 0 saturated heterocycles. The molecule has 0 aliphatic carbocycles. The van der Waals surface area contributed by atoms with Crippen molar-refractivity contribution in [2.24, 2.45) is 0 Å². The molecule has 0 bridgehead atoms. The molecule has 0 aliphatic rings. The summed E-state index contributed by atoms with van der Waals surface area (Å²) in [5.74, 6) is 0. The minimum atomic E-state index is 0.619. The van der Waals surface area contributed by atoms with Crippen LogP contribution in [-0.2, 0) is 0 Å². The summed E-state index contributed by atoms with van der Waals surface area (Å²) in [5.41, 5.74) is 0. The Morgan fingerprint density at radius 3 is 1.60 bits per heavy atom. The average molecular weight is 305 g/mol. The van der Waals surface area contributed by atoms with E-state index in [9.17, 15) is 0 Å². The van der Waals surface area contributed by atoms with Crippen molar-refractivity contribution in [2.75, 3.05) is 0 Å². The molecule has 0 amide bonds. The second kappa shape index (κ2) is 3.44. The Labute approximate surface area is 85.8 Å². The zero-order valence-corrected chi connectivity index (χ0v) is 9.35. The molecular formula is C6H2Br2Cl2. The number of hydrogen-bond donors (Lipinski definition) is 0. The molecule has 0 nitrogen and oxygen atoms in total. The predicted octanol–water partition coefficient (Wildman–Crippen LogP) is 4.52. The van der Waals surface area contributed by atoms with Gasteiger partial charge in [0.15, 0.2) is 0 Å². The number of hydrogen-bond acceptors (Lipinski definition) is 0. The maximum Gasteiger partial charge on any atom is 0.0563 e. The number of halogens is 4. The van der Waals surface area contributed by atoms with Crippen LogP contribution in [0.3, 0.4) is 0 Å². The fraction of sp³-hybridized carbons (Fsp3) is 0. The molecule has 0 N–H and O–H groups in total. The van der Waals surface area contributed by atoms with Crippen LogP contribution < -0.4 is 0 Å². The monoisotopic (exact) mass is 302 g/mol. The van der Waals surface area contributed by atoms with Crippen molar-refractivity contribution in [1.82, 2.24) is 0 Å². The van der Waals surface area contributed by atoms with Crippen molar-refractivity contribution in [2.45, 2.75) is 0 Å². The van der Waals surface area contributed by atoms with Crippen LogP contribution in [-0.4, -0.2) is 0 Å². The maximum atomic E-state index is 5.73. The smallest absolute Gasteiger partial charge is 0.0563 e. The van der Waals surface area contributed by atoms with Crippen LogP contribution in [0.4, 0.5) is 0 Å². The van der Waals surface area contributed by atoms with Gasteiger partial charge in [-0.2, -0.15) is 0 Å². The van der Waals surface area contributed by atoms with Gasteiger partial charge < -0.3 is 0 Å². The minimum absolute atomic E-state index is 0.619. The molecule has 1 aromatic carbocycles. The van der Waals surface area contributed by atoms with Crippen LogP contribution in [0.2, 0.25) is 10.0 Å². The van der Waals surface area contributed by atoms with Crippen molar-refractivity contribution < 1.29 is 0 Å². The van der Waals surface area contributed by atoms with Crippen molar-refractivity contribution in [1.29, 1.82) is 0 Å². The van der Waals surface area contributed by atoms with Crippen molar-refractivity contribution in [3.63, 3.8) is 0 Å². The number of benzene rings is 1. The van der Waals surface area contributed by atoms with E-state index in [-0.39, 0.29) is 0 Å². The highest BCUT2D eigenvalue weighted by atomic mass is 79.9. The first-order valence-electron chi connectivity index (χ1n) is 2.41. The first-order chi connectivity index (χ1) is 4.61. The molecule has 0 aliphatic heterocycles. The molecule has 54 valence electrons. The molecule has 0 atom stereocenters. The van der Waals surface area contributed by atoms with Gasteiger partial charge in [-0.05, 0) is 44.0 Å². The lowest BCUT2D eigenvalue weighted by Gasteiger charge is -1.98. The average Bonchev–Trinajstić information content (AvgIpc) is 1.84. The fourth-order valence-corrected chi connectivity index (χ4v) is 1.88. The van der Waals surface area contributed by atoms with Crippen LogP contribution in [0.25, 0.3) is 0 Å². The van der Waals surface area contributed by atoms with Gasteiger partial charge in [0.25, 0.3) is 0 Å². The Kier molecular flexibility index (Phi) is 3.04. The zero-order valence-electron chi connectivity index (χ0n) is 4.67. The van der Waals surface area contributed by atoms with E-state index < -0.39 is 0 Å². The van der Waals surface area contributed by atoms with Gasteiger partial charge in [-0.1, -0.05) is 23.2 Å². The van der Waals surface area contributed by atoms with Crippen LogP contribution in [0.15, 0.2) is 21.1 Å². The van der Waals surface area contributed by atoms with E-state index in [0.717, 1.165) is 8.95 Å². The van der Waals surface area contributed by atoms with Crippen molar-refractivity contribution >= 4 is 55.1 Å². The topological polar surface area (TPSA) is 0 Å². The molecule has 0 fully saturated rings. The fourth-order valence-electron chi connectivity index (χ4n) is 0.498. The summed E-state index contributed by atoms with van der Waals surface area (Å²) in [6.45, 7) is 0. The Morgan fingerprint density at radius 2 is 1.30 bits per heavy atom. The highest BCUT2D eigenvalue weighted by molar-refractivity contribution is 9.11. The quantitative estimate of drug-likeness (QED) is 0.618. The Morgan fingerprint density at radius 1 is 0.900 bits per heavy atom. The van der Waals surface area contributed by atoms with E-state index in [1.807, 2.05) is 6.07 Å². The molecule has 0 saturated carbocycles. The van der Waals surface area contributed by atoms with E-state index in [4.69, 9.17) is 23.2 Å². The van der Waals surface area contributed by atoms with Crippen molar-refractivity contribution in [3.8, 4) is 0 Å². The summed E-state index contributed by atoms with van der Waals surface area (Å²) in [4.78, 5) is 0. The minimum Gasteiger partial charge on any atom is -0.0831 e. The Bertz CT molecular complexity index is 210. The highest BCUT2D eigenvalue weighted by Gasteiger charge is 2.01.